The average molecular weight is 292 g/mol. The summed E-state index contributed by atoms with van der Waals surface area (Å²) in [4.78, 5) is 11.5. The lowest BCUT2D eigenvalue weighted by Gasteiger charge is -2.30. The molecule has 0 bridgehead atoms. The average Bonchev–Trinajstić information content (AvgIpc) is 3.05. The summed E-state index contributed by atoms with van der Waals surface area (Å²) in [5.74, 6) is -0.801. The Labute approximate surface area is 123 Å². The summed E-state index contributed by atoms with van der Waals surface area (Å²) >= 11 is 0. The number of ether oxygens (including phenoxy) is 3. The minimum Gasteiger partial charge on any atom is -0.469 e. The molecule has 1 aliphatic heterocycles. The highest BCUT2D eigenvalue weighted by atomic mass is 16.7. The second-order valence-corrected chi connectivity index (χ2v) is 6.21. The molecule has 2 heterocycles. The largest absolute Gasteiger partial charge is 0.469 e. The fourth-order valence-electron chi connectivity index (χ4n) is 2.84. The van der Waals surface area contributed by atoms with Crippen LogP contribution in [0.15, 0.2) is 18.7 Å². The third kappa shape index (κ3) is 2.50. The van der Waals surface area contributed by atoms with Gasteiger partial charge in [0, 0.05) is 18.2 Å². The normalized spacial score (nSPS) is 19.0. The zero-order valence-electron chi connectivity index (χ0n) is 12.6. The van der Waals surface area contributed by atoms with Gasteiger partial charge in [-0.2, -0.15) is 5.10 Å². The fraction of sp³-hybridized carbons (Fsp3) is 0.600. The first-order valence-electron chi connectivity index (χ1n) is 7.09. The number of carbonyl (C=O) groups is 1. The molecule has 1 aromatic rings. The van der Waals surface area contributed by atoms with Crippen LogP contribution in [-0.4, -0.2) is 28.6 Å². The van der Waals surface area contributed by atoms with Crippen LogP contribution in [0.4, 0.5) is 0 Å². The number of methoxy groups -OCH3 is 1. The maximum Gasteiger partial charge on any atom is 0.307 e. The van der Waals surface area contributed by atoms with E-state index in [9.17, 15) is 4.79 Å². The number of aryl methyl sites for hydroxylation is 1. The summed E-state index contributed by atoms with van der Waals surface area (Å²) in [5.41, 5.74) is 1.74. The molecule has 0 aromatic carbocycles. The number of esters is 1. The summed E-state index contributed by atoms with van der Waals surface area (Å²) in [7, 11) is 1.40. The van der Waals surface area contributed by atoms with Gasteiger partial charge in [0.2, 0.25) is 0 Å². The number of hydrogen-bond donors (Lipinski definition) is 0. The number of hydrogen-bond acceptors (Lipinski definition) is 5. The van der Waals surface area contributed by atoms with Crippen molar-refractivity contribution in [1.82, 2.24) is 9.78 Å². The van der Waals surface area contributed by atoms with Gasteiger partial charge in [-0.05, 0) is 20.3 Å². The molecule has 6 heteroatoms. The molecule has 1 aromatic heterocycles. The van der Waals surface area contributed by atoms with Gasteiger partial charge in [0.15, 0.2) is 0 Å². The van der Waals surface area contributed by atoms with Crippen LogP contribution in [0.1, 0.15) is 37.9 Å². The van der Waals surface area contributed by atoms with Gasteiger partial charge in [-0.3, -0.25) is 9.48 Å². The summed E-state index contributed by atoms with van der Waals surface area (Å²) < 4.78 is 17.8. The van der Waals surface area contributed by atoms with Crippen LogP contribution in [0, 0.1) is 0 Å². The highest BCUT2D eigenvalue weighted by Crippen LogP contribution is 2.36. The lowest BCUT2D eigenvalue weighted by atomic mass is 9.92. The van der Waals surface area contributed by atoms with Gasteiger partial charge in [-0.15, -0.1) is 0 Å². The molecule has 0 N–H and O–H groups in total. The Morgan fingerprint density at radius 2 is 2.19 bits per heavy atom. The summed E-state index contributed by atoms with van der Waals surface area (Å²) in [6, 6.07) is 0. The van der Waals surface area contributed by atoms with Crippen LogP contribution >= 0.6 is 0 Å². The Morgan fingerprint density at radius 3 is 2.86 bits per heavy atom. The second-order valence-electron chi connectivity index (χ2n) is 6.21. The van der Waals surface area contributed by atoms with Crippen LogP contribution in [-0.2, 0) is 37.4 Å². The van der Waals surface area contributed by atoms with Crippen molar-refractivity contribution in [1.29, 1.82) is 0 Å². The Morgan fingerprint density at radius 1 is 1.48 bits per heavy atom. The Bertz CT molecular complexity index is 580. The van der Waals surface area contributed by atoms with E-state index in [-0.39, 0.29) is 12.4 Å². The zero-order chi connectivity index (χ0) is 15.1. The van der Waals surface area contributed by atoms with Crippen molar-refractivity contribution in [2.45, 2.75) is 50.9 Å². The Kier molecular flexibility index (Phi) is 3.19. The number of fused-ring (bicyclic) bond motifs is 1. The molecular weight excluding hydrogens is 272 g/mol. The zero-order valence-corrected chi connectivity index (χ0v) is 12.6. The van der Waals surface area contributed by atoms with Gasteiger partial charge in [-0.25, -0.2) is 0 Å². The van der Waals surface area contributed by atoms with E-state index in [4.69, 9.17) is 14.2 Å². The first kappa shape index (κ1) is 14.0. The van der Waals surface area contributed by atoms with Crippen molar-refractivity contribution in [2.75, 3.05) is 7.11 Å². The minimum absolute atomic E-state index is 0.239. The number of nitrogens with zero attached hydrogens (tertiary/aromatic N) is 2. The lowest BCUT2D eigenvalue weighted by molar-refractivity contribution is -0.148. The lowest BCUT2D eigenvalue weighted by Crippen LogP contribution is -2.36. The number of carbonyl (C=O) groups excluding carboxylic acids is 1. The van der Waals surface area contributed by atoms with Gasteiger partial charge in [0.25, 0.3) is 5.79 Å². The highest BCUT2D eigenvalue weighted by molar-refractivity contribution is 5.70. The standard InChI is InChI=1S/C15H20N2O4/c1-14(2,9-13(18)19-3)17-10-11-8-15(20-6-7-21-15)5-4-12(11)16-17/h6-7,10H,4-5,8-9H2,1-3H3. The summed E-state index contributed by atoms with van der Waals surface area (Å²) in [5, 5.41) is 4.64. The smallest absolute Gasteiger partial charge is 0.307 e. The van der Waals surface area contributed by atoms with E-state index in [1.807, 2.05) is 24.7 Å². The molecule has 3 rings (SSSR count). The maximum absolute atomic E-state index is 11.5. The summed E-state index contributed by atoms with van der Waals surface area (Å²) in [6.45, 7) is 3.95. The van der Waals surface area contributed by atoms with E-state index in [1.54, 1.807) is 12.5 Å². The van der Waals surface area contributed by atoms with E-state index < -0.39 is 11.3 Å². The predicted octanol–water partition coefficient (Wildman–Crippen LogP) is 1.88. The van der Waals surface area contributed by atoms with Crippen molar-refractivity contribution < 1.29 is 19.0 Å². The quantitative estimate of drug-likeness (QED) is 0.796. The van der Waals surface area contributed by atoms with Crippen LogP contribution < -0.4 is 0 Å². The van der Waals surface area contributed by atoms with Gasteiger partial charge in [0.05, 0.1) is 31.2 Å². The molecule has 2 aliphatic rings. The number of rotatable bonds is 3. The second kappa shape index (κ2) is 4.79. The molecule has 0 unspecified atom stereocenters. The third-order valence-corrected chi connectivity index (χ3v) is 4.13. The monoisotopic (exact) mass is 292 g/mol. The van der Waals surface area contributed by atoms with Crippen LogP contribution in [0.3, 0.4) is 0 Å². The first-order valence-corrected chi connectivity index (χ1v) is 7.09. The molecule has 0 atom stereocenters. The Balaban J connectivity index is 1.81. The first-order chi connectivity index (χ1) is 9.94. The molecule has 0 saturated carbocycles. The molecule has 0 saturated heterocycles. The SMILES string of the molecule is COC(=O)CC(C)(C)n1cc2c(n1)CCC1(C2)OC=CO1. The van der Waals surface area contributed by atoms with Crippen molar-refractivity contribution in [3.63, 3.8) is 0 Å². The van der Waals surface area contributed by atoms with E-state index in [0.717, 1.165) is 24.1 Å². The van der Waals surface area contributed by atoms with Gasteiger partial charge >= 0.3 is 5.97 Å². The molecule has 114 valence electrons. The molecular formula is C15H20N2O4. The van der Waals surface area contributed by atoms with Crippen molar-refractivity contribution >= 4 is 5.97 Å². The van der Waals surface area contributed by atoms with Crippen molar-refractivity contribution in [3.05, 3.63) is 30.0 Å². The van der Waals surface area contributed by atoms with Gasteiger partial charge < -0.3 is 14.2 Å². The molecule has 1 aliphatic carbocycles. The predicted molar refractivity (Wildman–Crippen MR) is 74.2 cm³/mol. The number of aromatic nitrogens is 2. The van der Waals surface area contributed by atoms with Crippen molar-refractivity contribution in [2.24, 2.45) is 0 Å². The van der Waals surface area contributed by atoms with Crippen LogP contribution in [0.25, 0.3) is 0 Å². The van der Waals surface area contributed by atoms with E-state index in [2.05, 4.69) is 5.10 Å². The van der Waals surface area contributed by atoms with Crippen LogP contribution in [0.2, 0.25) is 0 Å². The van der Waals surface area contributed by atoms with E-state index in [1.165, 1.54) is 7.11 Å². The molecule has 1 spiro atoms. The highest BCUT2D eigenvalue weighted by Gasteiger charge is 2.41. The topological polar surface area (TPSA) is 62.6 Å². The minimum atomic E-state index is -0.562. The molecule has 6 nitrogen and oxygen atoms in total. The van der Waals surface area contributed by atoms with E-state index >= 15 is 0 Å². The summed E-state index contributed by atoms with van der Waals surface area (Å²) in [6.07, 6.45) is 7.71. The fourth-order valence-corrected chi connectivity index (χ4v) is 2.84. The maximum atomic E-state index is 11.5. The molecule has 0 amide bonds. The molecule has 21 heavy (non-hydrogen) atoms. The Hall–Kier alpha value is -1.98. The van der Waals surface area contributed by atoms with Gasteiger partial charge in [0.1, 0.15) is 12.5 Å². The van der Waals surface area contributed by atoms with Crippen molar-refractivity contribution in [3.8, 4) is 0 Å². The van der Waals surface area contributed by atoms with Crippen LogP contribution in [0.5, 0.6) is 0 Å². The van der Waals surface area contributed by atoms with Gasteiger partial charge in [-0.1, -0.05) is 0 Å². The third-order valence-electron chi connectivity index (χ3n) is 4.13. The van der Waals surface area contributed by atoms with E-state index in [0.29, 0.717) is 6.42 Å². The molecule has 0 radical (unpaired) electrons. The molecule has 0 fully saturated rings.